The molecule has 3 heteroatoms. The molecule has 1 saturated heterocycles. The Morgan fingerprint density at radius 2 is 2.00 bits per heavy atom. The molecular formula is C15H23ClFN. The molecule has 1 nitrogen and oxygen atoms in total. The number of piperidine rings is 1. The van der Waals surface area contributed by atoms with Crippen LogP contribution in [0.4, 0.5) is 4.39 Å². The lowest BCUT2D eigenvalue weighted by Gasteiger charge is -2.37. The van der Waals surface area contributed by atoms with Gasteiger partial charge in [-0.1, -0.05) is 37.3 Å². The third kappa shape index (κ3) is 3.69. The van der Waals surface area contributed by atoms with E-state index in [1.54, 1.807) is 4.90 Å². The molecule has 1 heterocycles. The Labute approximate surface area is 116 Å². The van der Waals surface area contributed by atoms with E-state index in [4.69, 9.17) is 0 Å². The first-order chi connectivity index (χ1) is 8.33. The number of alkyl halides is 1. The molecule has 1 N–H and O–H groups in total. The Hall–Kier alpha value is -0.600. The van der Waals surface area contributed by atoms with Crippen LogP contribution in [0, 0.1) is 5.92 Å². The summed E-state index contributed by atoms with van der Waals surface area (Å²) in [5.74, 6) is 0.709. The monoisotopic (exact) mass is 271 g/mol. The lowest BCUT2D eigenvalue weighted by atomic mass is 9.86. The summed E-state index contributed by atoms with van der Waals surface area (Å²) < 4.78 is 12.4. The number of rotatable bonds is 4. The average molecular weight is 272 g/mol. The van der Waals surface area contributed by atoms with E-state index in [2.05, 4.69) is 37.3 Å². The van der Waals surface area contributed by atoms with Crippen molar-refractivity contribution in [1.29, 1.82) is 0 Å². The van der Waals surface area contributed by atoms with Gasteiger partial charge in [-0.15, -0.1) is 0 Å². The molecule has 0 aliphatic carbocycles. The molecule has 0 spiro atoms. The highest BCUT2D eigenvalue weighted by Gasteiger charge is 2.32. The fourth-order valence-electron chi connectivity index (χ4n) is 3.17. The third-order valence-corrected chi connectivity index (χ3v) is 3.96. The van der Waals surface area contributed by atoms with Crippen molar-refractivity contribution in [2.24, 2.45) is 5.92 Å². The molecular weight excluding hydrogens is 249 g/mol. The van der Waals surface area contributed by atoms with Gasteiger partial charge in [-0.2, -0.15) is 0 Å². The van der Waals surface area contributed by atoms with E-state index in [-0.39, 0.29) is 19.1 Å². The van der Waals surface area contributed by atoms with Gasteiger partial charge in [0.2, 0.25) is 0 Å². The molecule has 0 amide bonds. The number of nitrogens with one attached hydrogen (secondary N) is 1. The summed E-state index contributed by atoms with van der Waals surface area (Å²) in [6.07, 6.45) is 3.29. The second-order valence-corrected chi connectivity index (χ2v) is 5.21. The molecule has 2 rings (SSSR count). The molecule has 1 aliphatic rings. The molecule has 1 aromatic rings. The van der Waals surface area contributed by atoms with Crippen LogP contribution in [-0.2, 0) is 0 Å². The predicted octanol–water partition coefficient (Wildman–Crippen LogP) is -0.594. The van der Waals surface area contributed by atoms with Gasteiger partial charge in [0.1, 0.15) is 6.04 Å². The predicted molar refractivity (Wildman–Crippen MR) is 68.9 cm³/mol. The van der Waals surface area contributed by atoms with Crippen LogP contribution in [0.2, 0.25) is 0 Å². The highest BCUT2D eigenvalue weighted by atomic mass is 35.5. The maximum Gasteiger partial charge on any atom is 0.116 e. The van der Waals surface area contributed by atoms with E-state index < -0.39 is 0 Å². The number of likely N-dealkylation sites (tertiary alicyclic amines) is 1. The van der Waals surface area contributed by atoms with Crippen LogP contribution >= 0.6 is 0 Å². The van der Waals surface area contributed by atoms with Gasteiger partial charge in [-0.25, -0.2) is 0 Å². The van der Waals surface area contributed by atoms with Gasteiger partial charge in [-0.05, 0) is 12.8 Å². The molecule has 1 aliphatic heterocycles. The Morgan fingerprint density at radius 1 is 1.28 bits per heavy atom. The van der Waals surface area contributed by atoms with Gasteiger partial charge in [-0.3, -0.25) is 4.39 Å². The molecule has 0 radical (unpaired) electrons. The van der Waals surface area contributed by atoms with Crippen LogP contribution in [0.25, 0.3) is 0 Å². The second-order valence-electron chi connectivity index (χ2n) is 5.21. The fourth-order valence-corrected chi connectivity index (χ4v) is 3.17. The summed E-state index contributed by atoms with van der Waals surface area (Å²) in [5, 5.41) is 0. The zero-order valence-corrected chi connectivity index (χ0v) is 11.8. The van der Waals surface area contributed by atoms with Crippen molar-refractivity contribution in [3.05, 3.63) is 35.9 Å². The van der Waals surface area contributed by atoms with Crippen molar-refractivity contribution in [2.75, 3.05) is 19.8 Å². The first-order valence-electron chi connectivity index (χ1n) is 6.78. The second kappa shape index (κ2) is 7.75. The largest absolute Gasteiger partial charge is 1.00 e. The van der Waals surface area contributed by atoms with Gasteiger partial charge in [0, 0.05) is 17.9 Å². The normalized spacial score (nSPS) is 27.6. The zero-order chi connectivity index (χ0) is 12.1. The van der Waals surface area contributed by atoms with E-state index in [1.807, 2.05) is 0 Å². The lowest BCUT2D eigenvalue weighted by molar-refractivity contribution is -0.941. The fraction of sp³-hybridized carbons (Fsp3) is 0.600. The van der Waals surface area contributed by atoms with E-state index in [1.165, 1.54) is 24.9 Å². The highest BCUT2D eigenvalue weighted by molar-refractivity contribution is 5.18. The van der Waals surface area contributed by atoms with Crippen molar-refractivity contribution in [3.63, 3.8) is 0 Å². The summed E-state index contributed by atoms with van der Waals surface area (Å²) in [4.78, 5) is 1.58. The van der Waals surface area contributed by atoms with Crippen molar-refractivity contribution in [1.82, 2.24) is 0 Å². The molecule has 3 unspecified atom stereocenters. The molecule has 102 valence electrons. The van der Waals surface area contributed by atoms with E-state index in [9.17, 15) is 4.39 Å². The highest BCUT2D eigenvalue weighted by Crippen LogP contribution is 2.25. The lowest BCUT2D eigenvalue weighted by Crippen LogP contribution is -3.13. The molecule has 3 atom stereocenters. The summed E-state index contributed by atoms with van der Waals surface area (Å²) in [7, 11) is 0. The summed E-state index contributed by atoms with van der Waals surface area (Å²) in [6.45, 7) is 4.33. The van der Waals surface area contributed by atoms with Gasteiger partial charge >= 0.3 is 0 Å². The number of quaternary nitrogens is 1. The summed E-state index contributed by atoms with van der Waals surface area (Å²) >= 11 is 0. The number of hydrogen-bond donors (Lipinski definition) is 1. The molecule has 0 bridgehead atoms. The minimum atomic E-state index is -0.181. The first kappa shape index (κ1) is 15.5. The standard InChI is InChI=1S/C15H22FN.ClH/c1-13-7-5-11-17(12-6-10-16)15(13)14-8-3-2-4-9-14;/h2-4,8-9,13,15H,5-7,10-12H2,1H3;1H. The van der Waals surface area contributed by atoms with Crippen LogP contribution < -0.4 is 17.3 Å². The van der Waals surface area contributed by atoms with Crippen molar-refractivity contribution >= 4 is 0 Å². The first-order valence-corrected chi connectivity index (χ1v) is 6.78. The van der Waals surface area contributed by atoms with Crippen LogP contribution in [-0.4, -0.2) is 19.8 Å². The van der Waals surface area contributed by atoms with Crippen molar-refractivity contribution in [3.8, 4) is 0 Å². The Bertz CT molecular complexity index is 331. The van der Waals surface area contributed by atoms with Crippen molar-refractivity contribution < 1.29 is 21.7 Å². The molecule has 1 aromatic carbocycles. The number of halogens is 2. The number of hydrogen-bond acceptors (Lipinski definition) is 0. The Balaban J connectivity index is 0.00000162. The van der Waals surface area contributed by atoms with Gasteiger partial charge in [0.05, 0.1) is 19.8 Å². The van der Waals surface area contributed by atoms with Crippen LogP contribution in [0.3, 0.4) is 0 Å². The Kier molecular flexibility index (Phi) is 6.66. The van der Waals surface area contributed by atoms with E-state index >= 15 is 0 Å². The minimum absolute atomic E-state index is 0. The smallest absolute Gasteiger partial charge is 0.116 e. The van der Waals surface area contributed by atoms with E-state index in [0.29, 0.717) is 18.4 Å². The maximum absolute atomic E-state index is 12.4. The van der Waals surface area contributed by atoms with Crippen LogP contribution in [0.5, 0.6) is 0 Å². The van der Waals surface area contributed by atoms with Crippen molar-refractivity contribution in [2.45, 2.75) is 32.2 Å². The van der Waals surface area contributed by atoms with E-state index in [0.717, 1.165) is 6.54 Å². The minimum Gasteiger partial charge on any atom is -1.00 e. The zero-order valence-electron chi connectivity index (χ0n) is 11.0. The van der Waals surface area contributed by atoms with Gasteiger partial charge < -0.3 is 17.3 Å². The van der Waals surface area contributed by atoms with Gasteiger partial charge in [0.15, 0.2) is 0 Å². The number of benzene rings is 1. The SMILES string of the molecule is CC1CCC[NH+](CCCF)C1c1ccccc1.[Cl-]. The summed E-state index contributed by atoms with van der Waals surface area (Å²) in [5.41, 5.74) is 1.42. The maximum atomic E-state index is 12.4. The topological polar surface area (TPSA) is 4.44 Å². The molecule has 18 heavy (non-hydrogen) atoms. The third-order valence-electron chi connectivity index (χ3n) is 3.96. The van der Waals surface area contributed by atoms with Gasteiger partial charge in [0.25, 0.3) is 0 Å². The molecule has 0 saturated carbocycles. The summed E-state index contributed by atoms with van der Waals surface area (Å²) in [6, 6.07) is 11.3. The Morgan fingerprint density at radius 3 is 2.67 bits per heavy atom. The average Bonchev–Trinajstić information content (AvgIpc) is 2.37. The van der Waals surface area contributed by atoms with Crippen LogP contribution in [0.15, 0.2) is 30.3 Å². The molecule has 1 fully saturated rings. The molecule has 0 aromatic heterocycles. The van der Waals surface area contributed by atoms with Crippen LogP contribution in [0.1, 0.15) is 37.8 Å². The quantitative estimate of drug-likeness (QED) is 0.747.